The van der Waals surface area contributed by atoms with Crippen LogP contribution in [0.4, 0.5) is 0 Å². The molecule has 0 aliphatic carbocycles. The van der Waals surface area contributed by atoms with E-state index >= 15 is 0 Å². The van der Waals surface area contributed by atoms with Gasteiger partial charge >= 0.3 is 5.97 Å². The fourth-order valence-corrected chi connectivity index (χ4v) is 1.91. The molecule has 2 heteroatoms. The maximum Gasteiger partial charge on any atom is 0.312 e. The van der Waals surface area contributed by atoms with Crippen molar-refractivity contribution in [2.45, 2.75) is 48.0 Å². The van der Waals surface area contributed by atoms with Gasteiger partial charge in [0.05, 0.1) is 5.41 Å². The normalized spacial score (nSPS) is 15.7. The Morgan fingerprint density at radius 1 is 1.31 bits per heavy atom. The van der Waals surface area contributed by atoms with Crippen LogP contribution in [0.5, 0.6) is 0 Å². The quantitative estimate of drug-likeness (QED) is 0.526. The van der Waals surface area contributed by atoms with Crippen LogP contribution in [0.3, 0.4) is 0 Å². The lowest BCUT2D eigenvalue weighted by atomic mass is 9.69. The van der Waals surface area contributed by atoms with E-state index in [1.54, 1.807) is 6.08 Å². The molecular formula is C14H26O2. The summed E-state index contributed by atoms with van der Waals surface area (Å²) in [7, 11) is 0. The molecule has 0 aliphatic rings. The van der Waals surface area contributed by atoms with Crippen molar-refractivity contribution in [1.82, 2.24) is 0 Å². The summed E-state index contributed by atoms with van der Waals surface area (Å²) >= 11 is 0. The number of ether oxygens (including phenoxy) is 1. The smallest absolute Gasteiger partial charge is 0.312 e. The first-order valence-corrected chi connectivity index (χ1v) is 5.91. The SMILES string of the molecule is C=CCOC(=O)C(C)(CC(C)(C)C)C(C)C. The predicted molar refractivity (Wildman–Crippen MR) is 68.2 cm³/mol. The summed E-state index contributed by atoms with van der Waals surface area (Å²) in [5.74, 6) is 0.154. The molecule has 0 spiro atoms. The van der Waals surface area contributed by atoms with Gasteiger partial charge in [-0.2, -0.15) is 0 Å². The van der Waals surface area contributed by atoms with E-state index in [1.165, 1.54) is 0 Å². The van der Waals surface area contributed by atoms with Crippen LogP contribution in [0.1, 0.15) is 48.0 Å². The second-order valence-electron chi connectivity index (χ2n) is 6.20. The van der Waals surface area contributed by atoms with E-state index in [-0.39, 0.29) is 17.3 Å². The minimum absolute atomic E-state index is 0.114. The number of hydrogen-bond donors (Lipinski definition) is 0. The summed E-state index contributed by atoms with van der Waals surface area (Å²) in [6, 6.07) is 0. The molecule has 0 saturated carbocycles. The Hall–Kier alpha value is -0.790. The monoisotopic (exact) mass is 226 g/mol. The van der Waals surface area contributed by atoms with Crippen molar-refractivity contribution in [3.63, 3.8) is 0 Å². The molecular weight excluding hydrogens is 200 g/mol. The van der Waals surface area contributed by atoms with Crippen LogP contribution in [0.15, 0.2) is 12.7 Å². The van der Waals surface area contributed by atoms with Gasteiger partial charge < -0.3 is 4.74 Å². The Kier molecular flexibility index (Phi) is 5.24. The second-order valence-corrected chi connectivity index (χ2v) is 6.20. The van der Waals surface area contributed by atoms with E-state index in [0.29, 0.717) is 6.61 Å². The van der Waals surface area contributed by atoms with E-state index in [4.69, 9.17) is 4.74 Å². The van der Waals surface area contributed by atoms with Crippen LogP contribution in [-0.4, -0.2) is 12.6 Å². The highest BCUT2D eigenvalue weighted by atomic mass is 16.5. The van der Waals surface area contributed by atoms with E-state index in [9.17, 15) is 4.79 Å². The Labute approximate surface area is 100 Å². The molecule has 0 bridgehead atoms. The van der Waals surface area contributed by atoms with Gasteiger partial charge in [-0.3, -0.25) is 4.79 Å². The molecule has 0 amide bonds. The molecule has 16 heavy (non-hydrogen) atoms. The predicted octanol–water partition coefficient (Wildman–Crippen LogP) is 3.81. The first-order chi connectivity index (χ1) is 7.13. The molecule has 0 rings (SSSR count). The third-order valence-corrected chi connectivity index (χ3v) is 2.97. The first kappa shape index (κ1) is 15.2. The van der Waals surface area contributed by atoms with Crippen molar-refractivity contribution >= 4 is 5.97 Å². The van der Waals surface area contributed by atoms with Crippen molar-refractivity contribution in [2.75, 3.05) is 6.61 Å². The molecule has 0 aromatic rings. The molecule has 0 saturated heterocycles. The van der Waals surface area contributed by atoms with Crippen LogP contribution in [0, 0.1) is 16.7 Å². The summed E-state index contributed by atoms with van der Waals surface area (Å²) in [5.41, 5.74) is -0.298. The molecule has 0 heterocycles. The zero-order valence-electron chi connectivity index (χ0n) is 11.6. The molecule has 94 valence electrons. The molecule has 0 radical (unpaired) electrons. The van der Waals surface area contributed by atoms with Gasteiger partial charge in [0.25, 0.3) is 0 Å². The fourth-order valence-electron chi connectivity index (χ4n) is 1.91. The molecule has 0 aromatic heterocycles. The van der Waals surface area contributed by atoms with Gasteiger partial charge in [0, 0.05) is 0 Å². The number of rotatable bonds is 5. The van der Waals surface area contributed by atoms with Gasteiger partial charge in [-0.15, -0.1) is 0 Å². The summed E-state index contributed by atoms with van der Waals surface area (Å²) in [6.45, 7) is 16.4. The van der Waals surface area contributed by atoms with E-state index < -0.39 is 5.41 Å². The van der Waals surface area contributed by atoms with Gasteiger partial charge in [-0.25, -0.2) is 0 Å². The standard InChI is InChI=1S/C14H26O2/c1-8-9-16-12(15)14(7,11(2)3)10-13(4,5)6/h8,11H,1,9-10H2,2-7H3. The number of carbonyl (C=O) groups is 1. The summed E-state index contributed by atoms with van der Waals surface area (Å²) < 4.78 is 5.21. The number of esters is 1. The van der Waals surface area contributed by atoms with Crippen LogP contribution in [0.2, 0.25) is 0 Å². The third-order valence-electron chi connectivity index (χ3n) is 2.97. The lowest BCUT2D eigenvalue weighted by molar-refractivity contribution is -0.158. The van der Waals surface area contributed by atoms with Gasteiger partial charge in [0.1, 0.15) is 6.61 Å². The van der Waals surface area contributed by atoms with Crippen LogP contribution in [0.25, 0.3) is 0 Å². The molecule has 0 fully saturated rings. The lowest BCUT2D eigenvalue weighted by Crippen LogP contribution is -2.38. The zero-order valence-corrected chi connectivity index (χ0v) is 11.6. The average molecular weight is 226 g/mol. The Morgan fingerprint density at radius 3 is 2.12 bits per heavy atom. The third kappa shape index (κ3) is 4.38. The summed E-state index contributed by atoms with van der Waals surface area (Å²) in [5, 5.41) is 0. The maximum absolute atomic E-state index is 12.1. The minimum atomic E-state index is -0.415. The molecule has 2 nitrogen and oxygen atoms in total. The minimum Gasteiger partial charge on any atom is -0.461 e. The maximum atomic E-state index is 12.1. The Morgan fingerprint density at radius 2 is 1.81 bits per heavy atom. The first-order valence-electron chi connectivity index (χ1n) is 5.91. The van der Waals surface area contributed by atoms with Crippen molar-refractivity contribution in [1.29, 1.82) is 0 Å². The Balaban J connectivity index is 4.81. The van der Waals surface area contributed by atoms with Gasteiger partial charge in [-0.05, 0) is 24.7 Å². The van der Waals surface area contributed by atoms with E-state index in [2.05, 4.69) is 41.2 Å². The van der Waals surface area contributed by atoms with Crippen LogP contribution >= 0.6 is 0 Å². The van der Waals surface area contributed by atoms with Gasteiger partial charge in [0.2, 0.25) is 0 Å². The lowest BCUT2D eigenvalue weighted by Gasteiger charge is -2.36. The average Bonchev–Trinajstić information content (AvgIpc) is 2.10. The van der Waals surface area contributed by atoms with E-state index in [0.717, 1.165) is 6.42 Å². The second kappa shape index (κ2) is 5.51. The van der Waals surface area contributed by atoms with Crippen molar-refractivity contribution in [2.24, 2.45) is 16.7 Å². The highest BCUT2D eigenvalue weighted by molar-refractivity contribution is 5.76. The van der Waals surface area contributed by atoms with Crippen LogP contribution in [-0.2, 0) is 9.53 Å². The zero-order chi connectivity index (χ0) is 13.0. The van der Waals surface area contributed by atoms with Gasteiger partial charge in [0.15, 0.2) is 0 Å². The fraction of sp³-hybridized carbons (Fsp3) is 0.786. The highest BCUT2D eigenvalue weighted by Gasteiger charge is 2.41. The molecule has 1 unspecified atom stereocenters. The molecule has 1 atom stereocenters. The number of hydrogen-bond acceptors (Lipinski definition) is 2. The Bertz CT molecular complexity index is 248. The van der Waals surface area contributed by atoms with Crippen LogP contribution < -0.4 is 0 Å². The van der Waals surface area contributed by atoms with Crippen molar-refractivity contribution in [3.05, 3.63) is 12.7 Å². The molecule has 0 aromatic carbocycles. The molecule has 0 aliphatic heterocycles. The summed E-state index contributed by atoms with van der Waals surface area (Å²) in [6.07, 6.45) is 2.43. The van der Waals surface area contributed by atoms with E-state index in [1.807, 2.05) is 6.92 Å². The molecule has 0 N–H and O–H groups in total. The van der Waals surface area contributed by atoms with Crippen molar-refractivity contribution < 1.29 is 9.53 Å². The highest BCUT2D eigenvalue weighted by Crippen LogP contribution is 2.40. The topological polar surface area (TPSA) is 26.3 Å². The largest absolute Gasteiger partial charge is 0.461 e. The van der Waals surface area contributed by atoms with Gasteiger partial charge in [-0.1, -0.05) is 47.3 Å². The summed E-state index contributed by atoms with van der Waals surface area (Å²) in [4.78, 5) is 12.1. The van der Waals surface area contributed by atoms with Crippen molar-refractivity contribution in [3.8, 4) is 0 Å². The number of carbonyl (C=O) groups excluding carboxylic acids is 1.